The van der Waals surface area contributed by atoms with Gasteiger partial charge in [0, 0.05) is 12.8 Å². The van der Waals surface area contributed by atoms with Gasteiger partial charge in [-0.3, -0.25) is 0 Å². The molecular weight excluding hydrogens is 188 g/mol. The van der Waals surface area contributed by atoms with E-state index in [-0.39, 0.29) is 11.6 Å². The summed E-state index contributed by atoms with van der Waals surface area (Å²) in [6, 6.07) is 0. The van der Waals surface area contributed by atoms with Gasteiger partial charge in [0.15, 0.2) is 0 Å². The average Bonchev–Trinajstić information content (AvgIpc) is 3.06. The summed E-state index contributed by atoms with van der Waals surface area (Å²) in [4.78, 5) is 0. The highest BCUT2D eigenvalue weighted by molar-refractivity contribution is 5.16. The first kappa shape index (κ1) is 10.1. The molecule has 1 aliphatic carbocycles. The predicted molar refractivity (Wildman–Crippen MR) is 58.3 cm³/mol. The van der Waals surface area contributed by atoms with E-state index in [1.54, 1.807) is 0 Å². The number of hydrogen-bond donors (Lipinski definition) is 0. The molecule has 0 aromatic carbocycles. The van der Waals surface area contributed by atoms with Crippen LogP contribution in [0.25, 0.3) is 0 Å². The van der Waals surface area contributed by atoms with E-state index >= 15 is 0 Å². The zero-order chi connectivity index (χ0) is 10.4. The molecule has 3 fully saturated rings. The lowest BCUT2D eigenvalue weighted by molar-refractivity contribution is -0.100. The van der Waals surface area contributed by atoms with E-state index in [1.165, 1.54) is 44.9 Å². The van der Waals surface area contributed by atoms with Gasteiger partial charge >= 0.3 is 0 Å². The summed E-state index contributed by atoms with van der Waals surface area (Å²) in [5.41, 5.74) is 0. The molecule has 2 aliphatic heterocycles. The van der Waals surface area contributed by atoms with Crippen molar-refractivity contribution in [3.05, 3.63) is 0 Å². The van der Waals surface area contributed by atoms with Crippen LogP contribution in [0.2, 0.25) is 0 Å². The van der Waals surface area contributed by atoms with Crippen LogP contribution >= 0.6 is 0 Å². The summed E-state index contributed by atoms with van der Waals surface area (Å²) >= 11 is 0. The molecule has 0 radical (unpaired) electrons. The highest BCUT2D eigenvalue weighted by Gasteiger charge is 2.88. The van der Waals surface area contributed by atoms with Crippen LogP contribution in [-0.4, -0.2) is 11.6 Å². The van der Waals surface area contributed by atoms with Gasteiger partial charge in [-0.2, -0.15) is 0 Å². The largest absolute Gasteiger partial charge is 0.307 e. The number of epoxide rings is 2. The normalized spacial score (nSPS) is 43.8. The van der Waals surface area contributed by atoms with Crippen molar-refractivity contribution < 1.29 is 9.47 Å². The van der Waals surface area contributed by atoms with Gasteiger partial charge < -0.3 is 9.47 Å². The van der Waals surface area contributed by atoms with Crippen LogP contribution in [0.4, 0.5) is 0 Å². The van der Waals surface area contributed by atoms with E-state index in [1.807, 2.05) is 0 Å². The molecule has 2 heteroatoms. The van der Waals surface area contributed by atoms with Gasteiger partial charge in [0.25, 0.3) is 0 Å². The summed E-state index contributed by atoms with van der Waals surface area (Å²) in [6.45, 7) is 2.15. The molecule has 0 N–H and O–H groups in total. The SMILES string of the molecule is CCC12OC1(CCCC1CCCCC1)O2. The standard InChI is InChI=1S/C13H22O2/c1-2-12-13(14-12,15-12)10-6-9-11-7-4-3-5-8-11/h11H,2-10H2,1H3. The van der Waals surface area contributed by atoms with Crippen molar-refractivity contribution in [1.29, 1.82) is 0 Å². The maximum atomic E-state index is 5.60. The summed E-state index contributed by atoms with van der Waals surface area (Å²) in [6.07, 6.45) is 12.2. The van der Waals surface area contributed by atoms with Gasteiger partial charge in [0.2, 0.25) is 11.6 Å². The molecule has 86 valence electrons. The van der Waals surface area contributed by atoms with Crippen molar-refractivity contribution in [3.63, 3.8) is 0 Å². The Morgan fingerprint density at radius 3 is 2.40 bits per heavy atom. The Kier molecular flexibility index (Phi) is 2.33. The predicted octanol–water partition coefficient (Wildman–Crippen LogP) is 3.60. The number of fused-ring (bicyclic) bond motifs is 1. The van der Waals surface area contributed by atoms with Crippen molar-refractivity contribution >= 4 is 0 Å². The highest BCUT2D eigenvalue weighted by Crippen LogP contribution is 2.71. The number of hydrogen-bond acceptors (Lipinski definition) is 2. The minimum absolute atomic E-state index is 0.0869. The molecule has 0 bridgehead atoms. The Balaban J connectivity index is 1.34. The summed E-state index contributed by atoms with van der Waals surface area (Å²) in [5, 5.41) is 0. The van der Waals surface area contributed by atoms with Crippen LogP contribution in [0, 0.1) is 5.92 Å². The number of rotatable bonds is 5. The first-order chi connectivity index (χ1) is 7.30. The van der Waals surface area contributed by atoms with E-state index in [0.717, 1.165) is 18.8 Å². The molecule has 3 rings (SSSR count). The Bertz CT molecular complexity index is 237. The molecule has 0 spiro atoms. The fourth-order valence-electron chi connectivity index (χ4n) is 3.29. The minimum atomic E-state index is -0.0977. The molecule has 0 amide bonds. The molecule has 0 aromatic rings. The average molecular weight is 210 g/mol. The van der Waals surface area contributed by atoms with Crippen molar-refractivity contribution in [3.8, 4) is 0 Å². The van der Waals surface area contributed by atoms with E-state index < -0.39 is 0 Å². The molecule has 1 saturated carbocycles. The van der Waals surface area contributed by atoms with Gasteiger partial charge in [0.05, 0.1) is 0 Å². The molecule has 3 aliphatic rings. The van der Waals surface area contributed by atoms with Gasteiger partial charge in [0.1, 0.15) is 0 Å². The van der Waals surface area contributed by atoms with Crippen molar-refractivity contribution in [2.45, 2.75) is 76.3 Å². The van der Waals surface area contributed by atoms with Crippen LogP contribution in [-0.2, 0) is 9.47 Å². The molecule has 2 saturated heterocycles. The molecule has 0 unspecified atom stereocenters. The second-order valence-corrected chi connectivity index (χ2v) is 5.46. The third kappa shape index (κ3) is 1.62. The summed E-state index contributed by atoms with van der Waals surface area (Å²) in [5.74, 6) is 0.819. The molecule has 0 aromatic heterocycles. The van der Waals surface area contributed by atoms with Gasteiger partial charge in [-0.05, 0) is 12.3 Å². The molecule has 2 heterocycles. The third-order valence-corrected chi connectivity index (χ3v) is 4.46. The lowest BCUT2D eigenvalue weighted by atomic mass is 9.85. The van der Waals surface area contributed by atoms with Crippen molar-refractivity contribution in [1.82, 2.24) is 0 Å². The fraction of sp³-hybridized carbons (Fsp3) is 1.00. The zero-order valence-corrected chi connectivity index (χ0v) is 9.76. The minimum Gasteiger partial charge on any atom is -0.307 e. The van der Waals surface area contributed by atoms with Crippen LogP contribution < -0.4 is 0 Å². The van der Waals surface area contributed by atoms with E-state index in [0.29, 0.717) is 0 Å². The van der Waals surface area contributed by atoms with Crippen LogP contribution in [0.5, 0.6) is 0 Å². The maximum Gasteiger partial charge on any atom is 0.229 e. The first-order valence-electron chi connectivity index (χ1n) is 6.71. The topological polar surface area (TPSA) is 25.1 Å². The van der Waals surface area contributed by atoms with Gasteiger partial charge in [-0.15, -0.1) is 0 Å². The quantitative estimate of drug-likeness (QED) is 0.648. The molecule has 15 heavy (non-hydrogen) atoms. The lowest BCUT2D eigenvalue weighted by Crippen LogP contribution is -2.07. The Morgan fingerprint density at radius 1 is 1.07 bits per heavy atom. The van der Waals surface area contributed by atoms with Crippen LogP contribution in [0.1, 0.15) is 64.7 Å². The van der Waals surface area contributed by atoms with Crippen LogP contribution in [0.3, 0.4) is 0 Å². The summed E-state index contributed by atoms with van der Waals surface area (Å²) in [7, 11) is 0. The number of ether oxygens (including phenoxy) is 2. The van der Waals surface area contributed by atoms with E-state index in [9.17, 15) is 0 Å². The van der Waals surface area contributed by atoms with Crippen molar-refractivity contribution in [2.24, 2.45) is 5.92 Å². The molecule has 0 atom stereocenters. The smallest absolute Gasteiger partial charge is 0.229 e. The fourth-order valence-corrected chi connectivity index (χ4v) is 3.29. The Morgan fingerprint density at radius 2 is 1.80 bits per heavy atom. The maximum absolute atomic E-state index is 5.60. The Labute approximate surface area is 92.3 Å². The van der Waals surface area contributed by atoms with Gasteiger partial charge in [-0.1, -0.05) is 45.4 Å². The lowest BCUT2D eigenvalue weighted by Gasteiger charge is -2.21. The van der Waals surface area contributed by atoms with E-state index in [2.05, 4.69) is 6.92 Å². The molecule has 2 nitrogen and oxygen atoms in total. The summed E-state index contributed by atoms with van der Waals surface area (Å²) < 4.78 is 11.2. The first-order valence-corrected chi connectivity index (χ1v) is 6.71. The Hall–Kier alpha value is -0.0800. The zero-order valence-electron chi connectivity index (χ0n) is 9.76. The van der Waals surface area contributed by atoms with Crippen LogP contribution in [0.15, 0.2) is 0 Å². The van der Waals surface area contributed by atoms with Crippen molar-refractivity contribution in [2.75, 3.05) is 0 Å². The second-order valence-electron chi connectivity index (χ2n) is 5.46. The second kappa shape index (κ2) is 3.46. The molecular formula is C13H22O2. The third-order valence-electron chi connectivity index (χ3n) is 4.46. The van der Waals surface area contributed by atoms with E-state index in [4.69, 9.17) is 9.47 Å². The highest BCUT2D eigenvalue weighted by atomic mass is 17.0. The monoisotopic (exact) mass is 210 g/mol. The van der Waals surface area contributed by atoms with Gasteiger partial charge in [-0.25, -0.2) is 0 Å².